The lowest BCUT2D eigenvalue weighted by atomic mass is 9.74. The van der Waals surface area contributed by atoms with Crippen molar-refractivity contribution in [2.24, 2.45) is 11.8 Å². The Morgan fingerprint density at radius 2 is 1.71 bits per heavy atom. The van der Waals surface area contributed by atoms with Crippen molar-refractivity contribution in [1.82, 2.24) is 0 Å². The van der Waals surface area contributed by atoms with Crippen LogP contribution in [-0.2, 0) is 0 Å². The molecule has 4 aliphatic rings. The van der Waals surface area contributed by atoms with Gasteiger partial charge in [0.15, 0.2) is 0 Å². The number of halogens is 1. The maximum atomic E-state index is 6.76. The van der Waals surface area contributed by atoms with Gasteiger partial charge in [0.05, 0.1) is 0 Å². The maximum Gasteiger partial charge on any atom is 0.0494 e. The molecule has 2 heterocycles. The van der Waals surface area contributed by atoms with Crippen LogP contribution in [0.4, 0.5) is 5.69 Å². The van der Waals surface area contributed by atoms with E-state index in [2.05, 4.69) is 42.2 Å². The molecular formula is C19H20ClN. The largest absolute Gasteiger partial charge is 0.370 e. The minimum Gasteiger partial charge on any atom is -0.370 e. The highest BCUT2D eigenvalue weighted by atomic mass is 35.5. The van der Waals surface area contributed by atoms with Crippen LogP contribution in [0.25, 0.3) is 0 Å². The third-order valence-corrected chi connectivity index (χ3v) is 6.48. The number of benzene rings is 1. The van der Waals surface area contributed by atoms with Crippen molar-refractivity contribution >= 4 is 17.3 Å². The first-order valence-corrected chi connectivity index (χ1v) is 8.53. The van der Waals surface area contributed by atoms with Gasteiger partial charge in [-0.25, -0.2) is 0 Å². The Kier molecular flexibility index (Phi) is 2.45. The van der Waals surface area contributed by atoms with E-state index in [0.29, 0.717) is 11.8 Å². The second-order valence-electron chi connectivity index (χ2n) is 7.16. The zero-order valence-corrected chi connectivity index (χ0v) is 13.1. The highest BCUT2D eigenvalue weighted by Gasteiger charge is 2.43. The molecule has 1 aromatic rings. The third-order valence-electron chi connectivity index (χ3n) is 5.98. The molecule has 0 bridgehead atoms. The van der Waals surface area contributed by atoms with Crippen LogP contribution in [0.1, 0.15) is 41.4 Å². The Bertz CT molecular complexity index is 685. The van der Waals surface area contributed by atoms with Crippen molar-refractivity contribution in [3.05, 3.63) is 52.1 Å². The highest BCUT2D eigenvalue weighted by Crippen LogP contribution is 2.55. The van der Waals surface area contributed by atoms with Crippen LogP contribution >= 0.6 is 11.6 Å². The van der Waals surface area contributed by atoms with Gasteiger partial charge < -0.3 is 4.90 Å². The molecule has 0 radical (unpaired) electrons. The van der Waals surface area contributed by atoms with E-state index in [-0.39, 0.29) is 0 Å². The van der Waals surface area contributed by atoms with Crippen LogP contribution in [-0.4, -0.2) is 13.1 Å². The fourth-order valence-electron chi connectivity index (χ4n) is 5.04. The topological polar surface area (TPSA) is 3.24 Å². The first-order chi connectivity index (χ1) is 10.2. The van der Waals surface area contributed by atoms with E-state index < -0.39 is 0 Å². The van der Waals surface area contributed by atoms with Crippen molar-refractivity contribution in [3.63, 3.8) is 0 Å². The molecule has 5 rings (SSSR count). The van der Waals surface area contributed by atoms with E-state index in [1.165, 1.54) is 48.3 Å². The Morgan fingerprint density at radius 3 is 2.48 bits per heavy atom. The van der Waals surface area contributed by atoms with E-state index in [1.807, 2.05) is 0 Å². The average Bonchev–Trinajstić information content (AvgIpc) is 3.11. The van der Waals surface area contributed by atoms with Crippen molar-refractivity contribution in [2.45, 2.75) is 31.6 Å². The van der Waals surface area contributed by atoms with Crippen LogP contribution in [0.3, 0.4) is 0 Å². The highest BCUT2D eigenvalue weighted by molar-refractivity contribution is 6.32. The van der Waals surface area contributed by atoms with Gasteiger partial charge in [-0.15, -0.1) is 0 Å². The fourth-order valence-corrected chi connectivity index (χ4v) is 5.31. The monoisotopic (exact) mass is 297 g/mol. The van der Waals surface area contributed by atoms with E-state index in [1.54, 1.807) is 0 Å². The molecule has 1 nitrogen and oxygen atoms in total. The van der Waals surface area contributed by atoms with Crippen LogP contribution < -0.4 is 4.90 Å². The van der Waals surface area contributed by atoms with E-state index in [4.69, 9.17) is 11.6 Å². The summed E-state index contributed by atoms with van der Waals surface area (Å²) < 4.78 is 0. The SMILES string of the molecule is Cc1cc2c3c(c1Cl)[C@@H]1C=CC[C@@H]1CN3C[C@H]1CC=C[C@@H]21. The molecule has 2 aliphatic heterocycles. The van der Waals surface area contributed by atoms with Crippen molar-refractivity contribution in [3.8, 4) is 0 Å². The summed E-state index contributed by atoms with van der Waals surface area (Å²) >= 11 is 6.76. The summed E-state index contributed by atoms with van der Waals surface area (Å²) in [6.45, 7) is 4.59. The molecule has 2 heteroatoms. The average molecular weight is 298 g/mol. The number of allylic oxidation sites excluding steroid dienone is 4. The molecule has 1 aromatic carbocycles. The lowest BCUT2D eigenvalue weighted by Gasteiger charge is -2.46. The molecule has 0 spiro atoms. The Balaban J connectivity index is 1.80. The number of anilines is 1. The first kappa shape index (κ1) is 12.3. The predicted octanol–water partition coefficient (Wildman–Crippen LogP) is 4.80. The molecule has 0 saturated heterocycles. The Hall–Kier alpha value is -1.21. The van der Waals surface area contributed by atoms with Crippen molar-refractivity contribution in [2.75, 3.05) is 18.0 Å². The molecule has 4 atom stereocenters. The van der Waals surface area contributed by atoms with Crippen molar-refractivity contribution < 1.29 is 0 Å². The molecule has 0 fully saturated rings. The third kappa shape index (κ3) is 1.53. The van der Waals surface area contributed by atoms with Gasteiger partial charge in [-0.1, -0.05) is 42.0 Å². The van der Waals surface area contributed by atoms with E-state index >= 15 is 0 Å². The van der Waals surface area contributed by atoms with Gasteiger partial charge in [0, 0.05) is 41.2 Å². The molecular weight excluding hydrogens is 278 g/mol. The minimum absolute atomic E-state index is 0.546. The maximum absolute atomic E-state index is 6.76. The van der Waals surface area contributed by atoms with Crippen molar-refractivity contribution in [1.29, 1.82) is 0 Å². The standard InChI is InChI=1S/C19H20ClN/c1-11-8-16-14-6-2-4-12(14)9-21-10-13-5-3-7-15(13)17(18(11)20)19(16)21/h2-3,6-8,12-15H,4-5,9-10H2,1H3/t12-,13-,14-,15-/m1/s1. The van der Waals surface area contributed by atoms with Gasteiger partial charge in [0.25, 0.3) is 0 Å². The van der Waals surface area contributed by atoms with Crippen LogP contribution in [0, 0.1) is 18.8 Å². The summed E-state index contributed by atoms with van der Waals surface area (Å²) in [6, 6.07) is 2.36. The van der Waals surface area contributed by atoms with Gasteiger partial charge in [0.2, 0.25) is 0 Å². The Labute approximate surface area is 131 Å². The lowest BCUT2D eigenvalue weighted by Crippen LogP contribution is -2.43. The van der Waals surface area contributed by atoms with Crippen LogP contribution in [0.2, 0.25) is 5.02 Å². The van der Waals surface area contributed by atoms with Gasteiger partial charge in [-0.3, -0.25) is 0 Å². The molecule has 0 unspecified atom stereocenters. The zero-order valence-electron chi connectivity index (χ0n) is 12.3. The molecule has 0 N–H and O–H groups in total. The van der Waals surface area contributed by atoms with Gasteiger partial charge in [0.1, 0.15) is 0 Å². The van der Waals surface area contributed by atoms with Crippen LogP contribution in [0.5, 0.6) is 0 Å². The molecule has 2 aliphatic carbocycles. The smallest absolute Gasteiger partial charge is 0.0494 e. The van der Waals surface area contributed by atoms with Gasteiger partial charge in [-0.05, 0) is 42.7 Å². The molecule has 0 saturated carbocycles. The number of hydrogen-bond acceptors (Lipinski definition) is 1. The summed E-state index contributed by atoms with van der Waals surface area (Å²) in [4.78, 5) is 2.65. The number of fused-ring (bicyclic) bond motifs is 4. The summed E-state index contributed by atoms with van der Waals surface area (Å²) in [5.74, 6) is 2.67. The van der Waals surface area contributed by atoms with Gasteiger partial charge in [-0.2, -0.15) is 0 Å². The molecule has 0 aromatic heterocycles. The second-order valence-corrected chi connectivity index (χ2v) is 7.54. The number of nitrogens with zero attached hydrogens (tertiary/aromatic N) is 1. The Morgan fingerprint density at radius 1 is 1.05 bits per heavy atom. The summed E-state index contributed by atoms with van der Waals surface area (Å²) in [7, 11) is 0. The van der Waals surface area contributed by atoms with E-state index in [0.717, 1.165) is 16.9 Å². The normalized spacial score (nSPS) is 34.9. The van der Waals surface area contributed by atoms with Crippen LogP contribution in [0.15, 0.2) is 30.4 Å². The zero-order chi connectivity index (χ0) is 14.1. The number of aryl methyl sites for hydroxylation is 1. The van der Waals surface area contributed by atoms with Gasteiger partial charge >= 0.3 is 0 Å². The molecule has 0 amide bonds. The number of hydrogen-bond donors (Lipinski definition) is 0. The number of rotatable bonds is 0. The van der Waals surface area contributed by atoms with E-state index in [9.17, 15) is 0 Å². The summed E-state index contributed by atoms with van der Waals surface area (Å²) in [5.41, 5.74) is 5.70. The summed E-state index contributed by atoms with van der Waals surface area (Å²) in [5, 5.41) is 1.01. The fraction of sp³-hybridized carbons (Fsp3) is 0.474. The predicted molar refractivity (Wildman–Crippen MR) is 88.4 cm³/mol. The molecule has 21 heavy (non-hydrogen) atoms. The molecule has 108 valence electrons. The summed E-state index contributed by atoms with van der Waals surface area (Å²) in [6.07, 6.45) is 12.0. The minimum atomic E-state index is 0.546. The second kappa shape index (κ2) is 4.16. The lowest BCUT2D eigenvalue weighted by molar-refractivity contribution is 0.410. The quantitative estimate of drug-likeness (QED) is 0.622. The first-order valence-electron chi connectivity index (χ1n) is 8.15.